The molecule has 7 rings (SSSR count). The number of hydrogen-bond donors (Lipinski definition) is 1. The van der Waals surface area contributed by atoms with Crippen molar-refractivity contribution in [3.05, 3.63) is 12.2 Å². The van der Waals surface area contributed by atoms with E-state index in [2.05, 4.69) is 19.1 Å². The average Bonchev–Trinajstić information content (AvgIpc) is 3.42. The lowest BCUT2D eigenvalue weighted by Crippen LogP contribution is -2.58. The van der Waals surface area contributed by atoms with E-state index in [1.54, 1.807) is 0 Å². The number of carboxylic acids is 1. The van der Waals surface area contributed by atoms with Gasteiger partial charge in [0.1, 0.15) is 0 Å². The van der Waals surface area contributed by atoms with Gasteiger partial charge in [0.25, 0.3) is 0 Å². The molecule has 0 aliphatic heterocycles. The van der Waals surface area contributed by atoms with Gasteiger partial charge in [-0.05, 0) is 111 Å². The number of carbonyl (C=O) groups is 1. The zero-order valence-corrected chi connectivity index (χ0v) is 16.0. The number of rotatable bonds is 2. The maximum Gasteiger partial charge on any atom is 0.310 e. The fourth-order valence-corrected chi connectivity index (χ4v) is 11.4. The van der Waals surface area contributed by atoms with Crippen LogP contribution in [-0.4, -0.2) is 11.1 Å². The molecule has 6 fully saturated rings. The maximum absolute atomic E-state index is 12.7. The van der Waals surface area contributed by atoms with Gasteiger partial charge in [-0.3, -0.25) is 4.79 Å². The molecule has 0 radical (unpaired) electrons. The summed E-state index contributed by atoms with van der Waals surface area (Å²) in [4.78, 5) is 12.7. The lowest BCUT2D eigenvalue weighted by molar-refractivity contribution is -0.169. The van der Waals surface area contributed by atoms with Crippen LogP contribution in [0.2, 0.25) is 0 Å². The largest absolute Gasteiger partial charge is 0.481 e. The van der Waals surface area contributed by atoms with Crippen LogP contribution in [0.25, 0.3) is 0 Å². The van der Waals surface area contributed by atoms with E-state index >= 15 is 0 Å². The van der Waals surface area contributed by atoms with Crippen LogP contribution >= 0.6 is 0 Å². The second kappa shape index (κ2) is 4.28. The summed E-state index contributed by atoms with van der Waals surface area (Å²) in [6, 6.07) is 0. The third-order valence-corrected chi connectivity index (χ3v) is 11.6. The summed E-state index contributed by atoms with van der Waals surface area (Å²) in [5.41, 5.74) is -0.230. The minimum atomic E-state index is -0.523. The Kier molecular flexibility index (Phi) is 2.50. The summed E-state index contributed by atoms with van der Waals surface area (Å²) in [6.45, 7) is 2.14. The molecule has 6 bridgehead atoms. The molecular weight excluding hydrogens is 320 g/mol. The molecule has 0 aromatic rings. The Bertz CT molecular complexity index is 740. The molecule has 2 heteroatoms. The standard InChI is InChI=1S/C24H32O2/c1-22(21(25)26)10-13-7-8-23(22,11-13)24-12-17(16-3-2-4-18(16)24)19-14-5-6-15(9-14)20(19)24/h7-8,13-20H,2-6,9-12H2,1H3,(H,25,26). The van der Waals surface area contributed by atoms with Crippen LogP contribution in [-0.2, 0) is 4.79 Å². The lowest BCUT2D eigenvalue weighted by Gasteiger charge is -2.60. The molecule has 0 saturated heterocycles. The van der Waals surface area contributed by atoms with Gasteiger partial charge < -0.3 is 5.11 Å². The average molecular weight is 353 g/mol. The first kappa shape index (κ1) is 15.2. The molecule has 11 atom stereocenters. The van der Waals surface area contributed by atoms with E-state index in [0.29, 0.717) is 11.3 Å². The predicted octanol–water partition coefficient (Wildman–Crippen LogP) is 5.14. The number of hydrogen-bond acceptors (Lipinski definition) is 1. The molecule has 0 aromatic heterocycles. The van der Waals surface area contributed by atoms with E-state index < -0.39 is 11.4 Å². The van der Waals surface area contributed by atoms with Crippen molar-refractivity contribution in [2.45, 2.75) is 64.7 Å². The highest BCUT2D eigenvalue weighted by atomic mass is 16.4. The van der Waals surface area contributed by atoms with Gasteiger partial charge in [-0.25, -0.2) is 0 Å². The Morgan fingerprint density at radius 2 is 1.88 bits per heavy atom. The Hall–Kier alpha value is -0.790. The highest BCUT2D eigenvalue weighted by Gasteiger charge is 2.82. The van der Waals surface area contributed by atoms with E-state index in [1.165, 1.54) is 44.9 Å². The van der Waals surface area contributed by atoms with Gasteiger partial charge in [-0.15, -0.1) is 0 Å². The summed E-state index contributed by atoms with van der Waals surface area (Å²) in [5, 5.41) is 10.4. The van der Waals surface area contributed by atoms with Crippen LogP contribution in [0.3, 0.4) is 0 Å². The Morgan fingerprint density at radius 3 is 2.69 bits per heavy atom. The van der Waals surface area contributed by atoms with Crippen molar-refractivity contribution in [2.75, 3.05) is 0 Å². The summed E-state index contributed by atoms with van der Waals surface area (Å²) in [6.07, 6.45) is 17.1. The molecule has 0 aromatic carbocycles. The van der Waals surface area contributed by atoms with Crippen molar-refractivity contribution in [1.29, 1.82) is 0 Å². The smallest absolute Gasteiger partial charge is 0.310 e. The fraction of sp³-hybridized carbons (Fsp3) is 0.875. The number of allylic oxidation sites excluding steroid dienone is 2. The third kappa shape index (κ3) is 1.26. The Morgan fingerprint density at radius 1 is 1.04 bits per heavy atom. The molecule has 0 amide bonds. The Labute approximate surface area is 156 Å². The highest BCUT2D eigenvalue weighted by Crippen LogP contribution is 2.86. The fourth-order valence-electron chi connectivity index (χ4n) is 11.4. The molecule has 0 spiro atoms. The number of aliphatic carboxylic acids is 1. The van der Waals surface area contributed by atoms with Gasteiger partial charge in [-0.2, -0.15) is 0 Å². The topological polar surface area (TPSA) is 37.3 Å². The van der Waals surface area contributed by atoms with Crippen LogP contribution in [0.5, 0.6) is 0 Å². The summed E-state index contributed by atoms with van der Waals surface area (Å²) in [5.74, 6) is 6.52. The van der Waals surface area contributed by atoms with E-state index in [-0.39, 0.29) is 5.41 Å². The molecule has 7 aliphatic carbocycles. The monoisotopic (exact) mass is 352 g/mol. The van der Waals surface area contributed by atoms with E-state index in [9.17, 15) is 9.90 Å². The molecule has 1 N–H and O–H groups in total. The van der Waals surface area contributed by atoms with Gasteiger partial charge in [0, 0.05) is 5.41 Å². The van der Waals surface area contributed by atoms with E-state index in [1.807, 2.05) is 0 Å². The second-order valence-corrected chi connectivity index (χ2v) is 11.7. The minimum Gasteiger partial charge on any atom is -0.481 e. The van der Waals surface area contributed by atoms with Gasteiger partial charge in [0.2, 0.25) is 0 Å². The normalized spacial score (nSPS) is 65.9. The van der Waals surface area contributed by atoms with Crippen LogP contribution in [0, 0.1) is 63.6 Å². The zero-order chi connectivity index (χ0) is 17.5. The lowest BCUT2D eigenvalue weighted by atomic mass is 9.43. The van der Waals surface area contributed by atoms with Crippen molar-refractivity contribution in [3.8, 4) is 0 Å². The first-order valence-electron chi connectivity index (χ1n) is 11.4. The SMILES string of the molecule is CC1(C(=O)O)CC2C=CC1(C13CC(C4CCCC41)C1C4CCC(C4)C13)C2. The molecule has 11 unspecified atom stereocenters. The summed E-state index contributed by atoms with van der Waals surface area (Å²) < 4.78 is 0. The molecule has 2 nitrogen and oxygen atoms in total. The quantitative estimate of drug-likeness (QED) is 0.552. The molecule has 26 heavy (non-hydrogen) atoms. The predicted molar refractivity (Wildman–Crippen MR) is 99.2 cm³/mol. The van der Waals surface area contributed by atoms with Crippen molar-refractivity contribution in [2.24, 2.45) is 63.6 Å². The van der Waals surface area contributed by atoms with E-state index in [0.717, 1.165) is 54.3 Å². The van der Waals surface area contributed by atoms with Crippen LogP contribution in [0.1, 0.15) is 64.7 Å². The zero-order valence-electron chi connectivity index (χ0n) is 16.0. The number of fused-ring (bicyclic) bond motifs is 15. The minimum absolute atomic E-state index is 0.0393. The molecule has 140 valence electrons. The van der Waals surface area contributed by atoms with E-state index in [4.69, 9.17) is 0 Å². The van der Waals surface area contributed by atoms with Gasteiger partial charge in [-0.1, -0.05) is 18.6 Å². The van der Waals surface area contributed by atoms with Crippen LogP contribution < -0.4 is 0 Å². The van der Waals surface area contributed by atoms with Gasteiger partial charge in [0.05, 0.1) is 5.41 Å². The first-order chi connectivity index (χ1) is 12.5. The van der Waals surface area contributed by atoms with Crippen molar-refractivity contribution in [1.82, 2.24) is 0 Å². The molecular formula is C24H32O2. The van der Waals surface area contributed by atoms with Crippen molar-refractivity contribution < 1.29 is 9.90 Å². The van der Waals surface area contributed by atoms with Crippen molar-refractivity contribution >= 4 is 5.97 Å². The second-order valence-electron chi connectivity index (χ2n) is 11.7. The van der Waals surface area contributed by atoms with Crippen molar-refractivity contribution in [3.63, 3.8) is 0 Å². The van der Waals surface area contributed by atoms with Gasteiger partial charge >= 0.3 is 5.97 Å². The molecule has 0 heterocycles. The van der Waals surface area contributed by atoms with Crippen LogP contribution in [0.15, 0.2) is 12.2 Å². The van der Waals surface area contributed by atoms with Crippen LogP contribution in [0.4, 0.5) is 0 Å². The third-order valence-electron chi connectivity index (χ3n) is 11.6. The first-order valence-corrected chi connectivity index (χ1v) is 11.4. The summed E-state index contributed by atoms with van der Waals surface area (Å²) >= 11 is 0. The molecule has 6 saturated carbocycles. The molecule has 7 aliphatic rings. The Balaban J connectivity index is 1.48. The summed E-state index contributed by atoms with van der Waals surface area (Å²) in [7, 11) is 0. The van der Waals surface area contributed by atoms with Gasteiger partial charge in [0.15, 0.2) is 0 Å². The number of carboxylic acid groups (broad SMARTS) is 1. The highest BCUT2D eigenvalue weighted by molar-refractivity contribution is 5.77. The maximum atomic E-state index is 12.7.